The van der Waals surface area contributed by atoms with Gasteiger partial charge in [0, 0.05) is 87.3 Å². The van der Waals surface area contributed by atoms with Gasteiger partial charge in [0.05, 0.1) is 6.61 Å². The van der Waals surface area contributed by atoms with Crippen molar-refractivity contribution in [2.75, 3.05) is 30.3 Å². The Bertz CT molecular complexity index is 4510. The summed E-state index contributed by atoms with van der Waals surface area (Å²) in [6.45, 7) is 11.0. The third-order valence-electron chi connectivity index (χ3n) is 19.1. The predicted molar refractivity (Wildman–Crippen MR) is 439 cm³/mol. The van der Waals surface area contributed by atoms with Crippen molar-refractivity contribution in [3.05, 3.63) is 173 Å². The van der Waals surface area contributed by atoms with Crippen molar-refractivity contribution in [3.8, 4) is 0 Å². The van der Waals surface area contributed by atoms with Gasteiger partial charge in [0.15, 0.2) is 6.17 Å². The quantitative estimate of drug-likeness (QED) is 0.0188. The lowest BCUT2D eigenvalue weighted by atomic mass is 9.99. The molecule has 1 aliphatic heterocycles. The van der Waals surface area contributed by atoms with Gasteiger partial charge in [-0.3, -0.25) is 67.3 Å². The number of aromatic nitrogens is 1. The van der Waals surface area contributed by atoms with Crippen LogP contribution >= 0.6 is 11.6 Å². The predicted octanol–water partition coefficient (Wildman–Crippen LogP) is 1.05. The van der Waals surface area contributed by atoms with E-state index in [4.69, 9.17) is 28.8 Å². The number of rotatable bonds is 43. The van der Waals surface area contributed by atoms with E-state index >= 15 is 14.4 Å². The van der Waals surface area contributed by atoms with Gasteiger partial charge in [0.2, 0.25) is 70.9 Å². The number of carbonyl (C=O) groups is 15. The van der Waals surface area contributed by atoms with Crippen molar-refractivity contribution in [1.29, 1.82) is 0 Å². The first-order valence-corrected chi connectivity index (χ1v) is 39.1. The summed E-state index contributed by atoms with van der Waals surface area (Å²) in [5.41, 5.74) is 18.6. The van der Waals surface area contributed by atoms with Gasteiger partial charge in [-0.05, 0) is 139 Å². The second-order valence-corrected chi connectivity index (χ2v) is 30.1. The number of primary amides is 3. The van der Waals surface area contributed by atoms with E-state index in [1.165, 1.54) is 74.5 Å². The molecule has 632 valence electrons. The molecule has 5 aromatic carbocycles. The van der Waals surface area contributed by atoms with E-state index in [-0.39, 0.29) is 74.7 Å². The largest absolute Gasteiger partial charge is 0.394 e. The minimum atomic E-state index is -1.94. The summed E-state index contributed by atoms with van der Waals surface area (Å²) in [5.74, 6) is -11.0. The first-order chi connectivity index (χ1) is 56.1. The Hall–Kier alpha value is -12.6. The highest BCUT2D eigenvalue weighted by atomic mass is 35.5. The minimum absolute atomic E-state index is 0.000991. The average Bonchev–Trinajstić information content (AvgIpc) is 1.79. The van der Waals surface area contributed by atoms with Gasteiger partial charge >= 0.3 is 12.1 Å². The lowest BCUT2D eigenvalue weighted by molar-refractivity contribution is -0.142. The summed E-state index contributed by atoms with van der Waals surface area (Å²) in [4.78, 5) is 213. The Kier molecular flexibility index (Phi) is 35.8. The van der Waals surface area contributed by atoms with Gasteiger partial charge in [-0.1, -0.05) is 124 Å². The van der Waals surface area contributed by atoms with Gasteiger partial charge in [-0.15, -0.1) is 0 Å². The topological polar surface area (TPSA) is 539 Å². The molecule has 0 spiro atoms. The van der Waals surface area contributed by atoms with Crippen molar-refractivity contribution in [2.24, 2.45) is 23.1 Å². The molecule has 10 atom stereocenters. The minimum Gasteiger partial charge on any atom is -0.394 e. The number of likely N-dealkylation sites (tertiary alicyclic amines) is 1. The number of hydrogen-bond donors (Lipinski definition) is 18. The number of nitrogens with zero attached hydrogens (tertiary/aromatic N) is 2. The molecule has 6 aromatic rings. The lowest BCUT2D eigenvalue weighted by Crippen LogP contribution is -2.62. The maximum absolute atomic E-state index is 15.5. The van der Waals surface area contributed by atoms with Gasteiger partial charge in [-0.25, -0.2) is 9.59 Å². The number of pyridine rings is 1. The number of aliphatic hydroxyl groups is 1. The summed E-state index contributed by atoms with van der Waals surface area (Å²) in [7, 11) is 0. The zero-order valence-corrected chi connectivity index (χ0v) is 67.5. The average molecular weight is 1650 g/mol. The molecule has 17 amide bonds. The zero-order chi connectivity index (χ0) is 86.3. The normalized spacial score (nSPS) is 14.7. The molecular weight excluding hydrogens is 1540 g/mol. The molecule has 118 heavy (non-hydrogen) atoms. The molecule has 21 N–H and O–H groups in total. The van der Waals surface area contributed by atoms with E-state index < -0.39 is 168 Å². The van der Waals surface area contributed by atoms with E-state index in [1.807, 2.05) is 66.9 Å². The van der Waals surface area contributed by atoms with Crippen LogP contribution in [0.5, 0.6) is 0 Å². The first kappa shape index (κ1) is 92.5. The van der Waals surface area contributed by atoms with Crippen LogP contribution in [0.2, 0.25) is 5.02 Å². The number of urea groups is 2. The molecule has 7 rings (SSSR count). The molecule has 1 fully saturated rings. The van der Waals surface area contributed by atoms with Crippen LogP contribution in [-0.4, -0.2) is 196 Å². The van der Waals surface area contributed by atoms with Gasteiger partial charge in [-0.2, -0.15) is 0 Å². The number of anilines is 2. The van der Waals surface area contributed by atoms with Crippen LogP contribution in [0.3, 0.4) is 0 Å². The smallest absolute Gasteiger partial charge is 0.314 e. The summed E-state index contributed by atoms with van der Waals surface area (Å²) >= 11 is 6.27. The summed E-state index contributed by atoms with van der Waals surface area (Å²) in [5, 5.41) is 50.1. The molecular formula is C82H106ClN19O16. The van der Waals surface area contributed by atoms with E-state index in [2.05, 4.69) is 68.8 Å². The lowest BCUT2D eigenvalue weighted by Gasteiger charge is -2.31. The number of unbranched alkanes of at least 4 members (excludes halogenated alkanes) is 1. The molecule has 35 nitrogen and oxygen atoms in total. The van der Waals surface area contributed by atoms with E-state index in [0.29, 0.717) is 58.8 Å². The van der Waals surface area contributed by atoms with Crippen LogP contribution in [-0.2, 0) is 94.4 Å². The fourth-order valence-corrected chi connectivity index (χ4v) is 13.2. The number of fused-ring (bicyclic) bond motifs is 1. The molecule has 36 heteroatoms. The van der Waals surface area contributed by atoms with Crippen LogP contribution in [0.4, 0.5) is 21.0 Å². The van der Waals surface area contributed by atoms with Crippen LogP contribution in [0, 0.1) is 5.92 Å². The molecule has 1 aromatic heterocycles. The van der Waals surface area contributed by atoms with Gasteiger partial charge in [0.1, 0.15) is 60.4 Å². The van der Waals surface area contributed by atoms with Crippen molar-refractivity contribution in [3.63, 3.8) is 0 Å². The van der Waals surface area contributed by atoms with Crippen LogP contribution in [0.25, 0.3) is 10.8 Å². The highest BCUT2D eigenvalue weighted by molar-refractivity contribution is 6.30. The molecule has 1 saturated heterocycles. The second kappa shape index (κ2) is 45.6. The zero-order valence-electron chi connectivity index (χ0n) is 66.8. The fourth-order valence-electron chi connectivity index (χ4n) is 13.1. The molecule has 0 bridgehead atoms. The second-order valence-electron chi connectivity index (χ2n) is 29.6. The molecule has 2 heterocycles. The monoisotopic (exact) mass is 1650 g/mol. The SMILES string of the molecule is CC(=O)Nc1ccc(C[C@@H](NC(=O)[C@H](Cc2ccc(NC(=O)C(NC(N)=O)NC(N)=O)cc2)NC(=O)[C@H](CO)NC(=O)[C@@H](Cc2cccnc2)NC(=O)[C@@H](Cc2ccc(Cl)cc2)NC(=O)[C@@H](Cc2ccc3ccccc3c2)NC(C)=O)C(=O)N[C@@H](CC(C)C)C(=O)N[C@@H](CCCCNC(C)C)C(=O)N2CCC[C@H]2C(=O)N[C@H](C)C(N)=O)cc1. The summed E-state index contributed by atoms with van der Waals surface area (Å²) in [6.07, 6.45) is 1.59. The Balaban J connectivity index is 1.22. The molecule has 1 aliphatic rings. The number of hydrogen-bond acceptors (Lipinski definition) is 18. The van der Waals surface area contributed by atoms with Crippen molar-refractivity contribution in [1.82, 2.24) is 73.7 Å². The van der Waals surface area contributed by atoms with E-state index in [0.717, 1.165) is 10.8 Å². The first-order valence-electron chi connectivity index (χ1n) is 38.8. The summed E-state index contributed by atoms with van der Waals surface area (Å²) in [6, 6.07) is 17.7. The number of halogens is 1. The van der Waals surface area contributed by atoms with Crippen LogP contribution in [0.1, 0.15) is 115 Å². The van der Waals surface area contributed by atoms with Gasteiger partial charge < -0.3 is 102 Å². The fraction of sp³-hybridized carbons (Fsp3) is 0.415. The Morgan fingerprint density at radius 2 is 0.932 bits per heavy atom. The molecule has 0 radical (unpaired) electrons. The summed E-state index contributed by atoms with van der Waals surface area (Å²) < 4.78 is 0. The number of aliphatic hydroxyl groups excluding tert-OH is 1. The number of nitrogens with two attached hydrogens (primary N) is 3. The molecule has 0 unspecified atom stereocenters. The maximum Gasteiger partial charge on any atom is 0.314 e. The number of carbonyl (C=O) groups excluding carboxylic acids is 15. The maximum atomic E-state index is 15.5. The third-order valence-corrected chi connectivity index (χ3v) is 19.3. The Morgan fingerprint density at radius 3 is 1.42 bits per heavy atom. The number of benzene rings is 5. The Labute approximate surface area is 687 Å². The van der Waals surface area contributed by atoms with Crippen molar-refractivity contribution >= 4 is 123 Å². The van der Waals surface area contributed by atoms with Crippen LogP contribution in [0.15, 0.2) is 140 Å². The number of nitrogens with one attached hydrogen (secondary N) is 14. The van der Waals surface area contributed by atoms with Crippen LogP contribution < -0.4 is 91.6 Å². The molecule has 0 aliphatic carbocycles. The van der Waals surface area contributed by atoms with E-state index in [1.54, 1.807) is 62.4 Å². The van der Waals surface area contributed by atoms with E-state index in [9.17, 15) is 62.6 Å². The highest BCUT2D eigenvalue weighted by Crippen LogP contribution is 2.23. The standard InChI is InChI=1S/C82H106ClN19O16/c1-45(2)36-61(71(107)93-60(17-10-11-34-88-46(3)4)80(116)102-35-13-18-68(102)78(114)89-47(5)69(84)106)94-73(109)64(39-51-22-29-58(30-23-51)90-48(6)104)96-75(111)65(40-52-24-31-59(32-25-52)92-79(115)70(100-81(85)117)101-82(86)118)98-77(113)67(44-103)99-76(112)66(42-54-14-12-33-87-43-54)97-74(110)63(38-50-20-27-57(83)28-21-50)95-72(108)62(91-49(7)105)41-53-19-26-55-15-8-9-16-56(55)37-53/h8-9,12,14-16,19-33,37,43,45-47,60-68,70,88,103H,10-11,13,17-18,34-36,38-42,44H2,1-7H3,(H2,84,106)(H,89,114)(H,90,104)(H,91,105)(H,92,115)(H,93,107)(H,94,109)(H,95,108)(H,96,111)(H,97,110)(H,98,113)(H,99,112)(H3,85,100,117)(H3,86,101,118)/t47-,60+,61+,62-,63-,64-,65+,66-,67+,68+/m1/s1. The Morgan fingerprint density at radius 1 is 0.475 bits per heavy atom. The third kappa shape index (κ3) is 30.2. The van der Waals surface area contributed by atoms with Crippen molar-refractivity contribution < 1.29 is 77.0 Å². The highest BCUT2D eigenvalue weighted by Gasteiger charge is 2.41. The van der Waals surface area contributed by atoms with Crippen molar-refractivity contribution in [2.45, 2.75) is 192 Å². The number of amides is 17. The van der Waals surface area contributed by atoms with Gasteiger partial charge in [0.25, 0.3) is 5.91 Å². The molecule has 0 saturated carbocycles.